The summed E-state index contributed by atoms with van der Waals surface area (Å²) < 4.78 is 10.4. The van der Waals surface area contributed by atoms with Crippen LogP contribution in [0.1, 0.15) is 5.69 Å². The van der Waals surface area contributed by atoms with Gasteiger partial charge in [-0.05, 0) is 12.1 Å². The molecule has 0 radical (unpaired) electrons. The van der Waals surface area contributed by atoms with Crippen molar-refractivity contribution in [2.45, 2.75) is 0 Å². The topological polar surface area (TPSA) is 51.6 Å². The predicted octanol–water partition coefficient (Wildman–Crippen LogP) is 1.11. The summed E-state index contributed by atoms with van der Waals surface area (Å²) in [5.41, 5.74) is 0.781. The number of aliphatic hydroxyl groups is 1. The second-order valence-corrected chi connectivity index (χ2v) is 2.79. The maximum absolute atomic E-state index is 8.46. The fourth-order valence-corrected chi connectivity index (χ4v) is 0.997. The smallest absolute Gasteiger partial charge is 0.213 e. The quantitative estimate of drug-likeness (QED) is 0.683. The van der Waals surface area contributed by atoms with Crippen LogP contribution < -0.4 is 4.74 Å². The van der Waals surface area contributed by atoms with E-state index in [1.807, 2.05) is 12.1 Å². The van der Waals surface area contributed by atoms with Gasteiger partial charge < -0.3 is 14.6 Å². The van der Waals surface area contributed by atoms with Crippen LogP contribution in [-0.4, -0.2) is 36.5 Å². The van der Waals surface area contributed by atoms with E-state index in [2.05, 4.69) is 11.6 Å². The maximum atomic E-state index is 8.46. The van der Waals surface area contributed by atoms with Crippen molar-refractivity contribution >= 4 is 6.08 Å². The van der Waals surface area contributed by atoms with Crippen LogP contribution in [0.4, 0.5) is 0 Å². The van der Waals surface area contributed by atoms with E-state index in [4.69, 9.17) is 14.6 Å². The van der Waals surface area contributed by atoms with Crippen molar-refractivity contribution in [1.29, 1.82) is 0 Å². The van der Waals surface area contributed by atoms with Crippen molar-refractivity contribution in [2.75, 3.05) is 26.4 Å². The third-order valence-electron chi connectivity index (χ3n) is 1.67. The molecule has 4 heteroatoms. The van der Waals surface area contributed by atoms with Crippen LogP contribution in [0.15, 0.2) is 24.8 Å². The average Bonchev–Trinajstić information content (AvgIpc) is 2.29. The lowest BCUT2D eigenvalue weighted by atomic mass is 10.3. The second-order valence-electron chi connectivity index (χ2n) is 2.79. The molecule has 4 nitrogen and oxygen atoms in total. The van der Waals surface area contributed by atoms with Gasteiger partial charge in [0.2, 0.25) is 5.88 Å². The Morgan fingerprint density at radius 3 is 2.93 bits per heavy atom. The Morgan fingerprint density at radius 1 is 1.33 bits per heavy atom. The number of aromatic nitrogens is 1. The normalized spacial score (nSPS) is 9.93. The number of rotatable bonds is 7. The molecule has 0 unspecified atom stereocenters. The van der Waals surface area contributed by atoms with Crippen molar-refractivity contribution in [3.63, 3.8) is 0 Å². The molecule has 1 aromatic rings. The molecule has 0 saturated heterocycles. The first-order valence-corrected chi connectivity index (χ1v) is 4.77. The largest absolute Gasteiger partial charge is 0.475 e. The molecule has 0 fully saturated rings. The number of pyridine rings is 1. The molecule has 0 amide bonds. The summed E-state index contributed by atoms with van der Waals surface area (Å²) in [6, 6.07) is 5.48. The summed E-state index contributed by atoms with van der Waals surface area (Å²) in [6.07, 6.45) is 1.66. The molecule has 1 aromatic heterocycles. The Hall–Kier alpha value is -1.39. The van der Waals surface area contributed by atoms with E-state index in [1.165, 1.54) is 0 Å². The average molecular weight is 209 g/mol. The Labute approximate surface area is 89.2 Å². The zero-order valence-electron chi connectivity index (χ0n) is 8.56. The highest BCUT2D eigenvalue weighted by molar-refractivity contribution is 5.42. The molecular formula is C11H15NO3. The Balaban J connectivity index is 2.27. The first-order valence-electron chi connectivity index (χ1n) is 4.77. The summed E-state index contributed by atoms with van der Waals surface area (Å²) in [4.78, 5) is 4.16. The molecule has 82 valence electrons. The van der Waals surface area contributed by atoms with Gasteiger partial charge in [-0.1, -0.05) is 12.6 Å². The van der Waals surface area contributed by atoms with E-state index in [9.17, 15) is 0 Å². The molecule has 0 aliphatic carbocycles. The number of nitrogens with zero attached hydrogens (tertiary/aromatic N) is 1. The third-order valence-corrected chi connectivity index (χ3v) is 1.67. The summed E-state index contributed by atoms with van der Waals surface area (Å²) in [6.45, 7) is 4.86. The number of hydrogen-bond donors (Lipinski definition) is 1. The molecule has 1 heterocycles. The molecule has 0 spiro atoms. The molecule has 0 saturated carbocycles. The van der Waals surface area contributed by atoms with Gasteiger partial charge in [-0.15, -0.1) is 0 Å². The number of aliphatic hydroxyl groups excluding tert-OH is 1. The lowest BCUT2D eigenvalue weighted by molar-refractivity contribution is 0.0695. The first kappa shape index (κ1) is 11.7. The number of ether oxygens (including phenoxy) is 2. The van der Waals surface area contributed by atoms with Crippen molar-refractivity contribution in [3.05, 3.63) is 30.5 Å². The van der Waals surface area contributed by atoms with Crippen molar-refractivity contribution in [3.8, 4) is 5.88 Å². The van der Waals surface area contributed by atoms with Crippen molar-refractivity contribution < 1.29 is 14.6 Å². The van der Waals surface area contributed by atoms with E-state index < -0.39 is 0 Å². The molecule has 0 bridgehead atoms. The van der Waals surface area contributed by atoms with E-state index in [0.717, 1.165) is 5.69 Å². The fraction of sp³-hybridized carbons (Fsp3) is 0.364. The minimum atomic E-state index is 0.0319. The van der Waals surface area contributed by atoms with Crippen LogP contribution >= 0.6 is 0 Å². The van der Waals surface area contributed by atoms with Crippen LogP contribution in [0.5, 0.6) is 5.88 Å². The number of hydrogen-bond acceptors (Lipinski definition) is 4. The van der Waals surface area contributed by atoms with Gasteiger partial charge in [0.25, 0.3) is 0 Å². The van der Waals surface area contributed by atoms with Gasteiger partial charge in [-0.25, -0.2) is 4.98 Å². The SMILES string of the molecule is C=Cc1cccc(OCCOCCO)n1. The van der Waals surface area contributed by atoms with Crippen molar-refractivity contribution in [1.82, 2.24) is 4.98 Å². The van der Waals surface area contributed by atoms with Gasteiger partial charge in [0.15, 0.2) is 0 Å². The zero-order valence-corrected chi connectivity index (χ0v) is 8.56. The minimum absolute atomic E-state index is 0.0319. The van der Waals surface area contributed by atoms with E-state index in [-0.39, 0.29) is 6.61 Å². The molecule has 0 aliphatic heterocycles. The molecular weight excluding hydrogens is 194 g/mol. The lowest BCUT2D eigenvalue weighted by Crippen LogP contribution is -2.09. The van der Waals surface area contributed by atoms with E-state index >= 15 is 0 Å². The molecule has 15 heavy (non-hydrogen) atoms. The molecule has 0 aliphatic rings. The van der Waals surface area contributed by atoms with Gasteiger partial charge >= 0.3 is 0 Å². The van der Waals surface area contributed by atoms with Gasteiger partial charge in [0, 0.05) is 6.07 Å². The monoisotopic (exact) mass is 209 g/mol. The Bertz CT molecular complexity index is 302. The molecule has 0 atom stereocenters. The highest BCUT2D eigenvalue weighted by Crippen LogP contribution is 2.07. The van der Waals surface area contributed by atoms with E-state index in [0.29, 0.717) is 25.7 Å². The molecule has 1 rings (SSSR count). The fourth-order valence-electron chi connectivity index (χ4n) is 0.997. The van der Waals surface area contributed by atoms with Crippen molar-refractivity contribution in [2.24, 2.45) is 0 Å². The Kier molecular flexibility index (Phi) is 5.43. The summed E-state index contributed by atoms with van der Waals surface area (Å²) in [5, 5.41) is 8.46. The zero-order chi connectivity index (χ0) is 10.9. The van der Waals surface area contributed by atoms with Crippen LogP contribution in [-0.2, 0) is 4.74 Å². The third kappa shape index (κ3) is 4.58. The standard InChI is InChI=1S/C11H15NO3/c1-2-10-4-3-5-11(12-10)15-9-8-14-7-6-13/h2-5,13H,1,6-9H2. The molecule has 1 N–H and O–H groups in total. The van der Waals surface area contributed by atoms with Gasteiger partial charge in [-0.3, -0.25) is 0 Å². The second kappa shape index (κ2) is 6.98. The summed E-state index contributed by atoms with van der Waals surface area (Å²) >= 11 is 0. The summed E-state index contributed by atoms with van der Waals surface area (Å²) in [7, 11) is 0. The maximum Gasteiger partial charge on any atom is 0.213 e. The predicted molar refractivity (Wildman–Crippen MR) is 57.7 cm³/mol. The molecule has 0 aromatic carbocycles. The first-order chi connectivity index (χ1) is 7.36. The minimum Gasteiger partial charge on any atom is -0.475 e. The van der Waals surface area contributed by atoms with Crippen LogP contribution in [0.3, 0.4) is 0 Å². The Morgan fingerprint density at radius 2 is 2.20 bits per heavy atom. The summed E-state index contributed by atoms with van der Waals surface area (Å²) in [5.74, 6) is 0.556. The van der Waals surface area contributed by atoms with Crippen LogP contribution in [0, 0.1) is 0 Å². The van der Waals surface area contributed by atoms with Crippen LogP contribution in [0.2, 0.25) is 0 Å². The van der Waals surface area contributed by atoms with E-state index in [1.54, 1.807) is 12.1 Å². The highest BCUT2D eigenvalue weighted by atomic mass is 16.5. The van der Waals surface area contributed by atoms with Gasteiger partial charge in [-0.2, -0.15) is 0 Å². The lowest BCUT2D eigenvalue weighted by Gasteiger charge is -2.05. The van der Waals surface area contributed by atoms with Crippen LogP contribution in [0.25, 0.3) is 6.08 Å². The van der Waals surface area contributed by atoms with Gasteiger partial charge in [0.1, 0.15) is 6.61 Å². The highest BCUT2D eigenvalue weighted by Gasteiger charge is 1.95. The van der Waals surface area contributed by atoms with Gasteiger partial charge in [0.05, 0.1) is 25.5 Å².